The maximum Gasteiger partial charge on any atom is 0.283 e. The molecule has 7 nitrogen and oxygen atoms in total. The van der Waals surface area contributed by atoms with Gasteiger partial charge in [-0.25, -0.2) is 0 Å². The number of carbonyl (C=O) groups is 1. The number of nitrogens with one attached hydrogen (secondary N) is 1. The van der Waals surface area contributed by atoms with Crippen LogP contribution < -0.4 is 9.47 Å². The molecule has 1 amide bonds. The van der Waals surface area contributed by atoms with E-state index in [1.54, 1.807) is 6.08 Å². The van der Waals surface area contributed by atoms with Crippen LogP contribution in [0.3, 0.4) is 0 Å². The zero-order valence-corrected chi connectivity index (χ0v) is 19.8. The van der Waals surface area contributed by atoms with Gasteiger partial charge in [-0.15, -0.1) is 0 Å². The molecule has 2 aliphatic heterocycles. The van der Waals surface area contributed by atoms with Crippen LogP contribution in [0.15, 0.2) is 68.7 Å². The van der Waals surface area contributed by atoms with Gasteiger partial charge in [0.05, 0.1) is 5.57 Å². The Hall–Kier alpha value is -2.91. The molecule has 0 spiro atoms. The molecule has 32 heavy (non-hydrogen) atoms. The van der Waals surface area contributed by atoms with Crippen LogP contribution in [0.5, 0.6) is 11.5 Å². The summed E-state index contributed by atoms with van der Waals surface area (Å²) in [5, 5.41) is 15.6. The van der Waals surface area contributed by atoms with Crippen molar-refractivity contribution in [1.29, 1.82) is 5.41 Å². The van der Waals surface area contributed by atoms with Crippen molar-refractivity contribution in [3.8, 4) is 11.5 Å². The third-order valence-corrected chi connectivity index (χ3v) is 6.06. The lowest BCUT2D eigenvalue weighted by Gasteiger charge is -2.20. The van der Waals surface area contributed by atoms with E-state index in [9.17, 15) is 4.79 Å². The quantitative estimate of drug-likeness (QED) is 0.381. The standard InChI is InChI=1S/C23H21BrN4O3S/c1-2-4-20-27-28-21(25)19(22(29)26-23(28)32-20)14-15-5-3-6-18(13-15)31-12-11-30-17-9-7-16(24)8-10-17/h3,5-10,13-14,25H,2,4,11-12H2,1H3/b19-14-,25-21?. The summed E-state index contributed by atoms with van der Waals surface area (Å²) in [6.07, 6.45) is 3.39. The SMILES string of the molecule is CCCC1=NN2C(=N)/C(=C/c3cccc(OCCOc4ccc(Br)cc4)c3)C(=O)N=C2S1. The van der Waals surface area contributed by atoms with Gasteiger partial charge in [0.2, 0.25) is 5.17 Å². The van der Waals surface area contributed by atoms with Crippen molar-refractivity contribution in [3.05, 3.63) is 64.1 Å². The molecule has 1 N–H and O–H groups in total. The molecule has 0 saturated carbocycles. The Kier molecular flexibility index (Phi) is 7.06. The topological polar surface area (TPSA) is 87.3 Å². The van der Waals surface area contributed by atoms with Crippen LogP contribution in [-0.2, 0) is 4.79 Å². The summed E-state index contributed by atoms with van der Waals surface area (Å²) < 4.78 is 12.4. The first kappa shape index (κ1) is 22.3. The van der Waals surface area contributed by atoms with Gasteiger partial charge in [-0.05, 0) is 72.6 Å². The van der Waals surface area contributed by atoms with E-state index in [4.69, 9.17) is 14.9 Å². The summed E-state index contributed by atoms with van der Waals surface area (Å²) in [6.45, 7) is 2.84. The fourth-order valence-electron chi connectivity index (χ4n) is 3.06. The Morgan fingerprint density at radius 3 is 2.62 bits per heavy atom. The summed E-state index contributed by atoms with van der Waals surface area (Å²) in [4.78, 5) is 16.6. The average Bonchev–Trinajstić information content (AvgIpc) is 3.18. The van der Waals surface area contributed by atoms with Crippen LogP contribution in [-0.4, -0.2) is 40.2 Å². The highest BCUT2D eigenvalue weighted by atomic mass is 79.9. The monoisotopic (exact) mass is 512 g/mol. The Morgan fingerprint density at radius 1 is 1.12 bits per heavy atom. The summed E-state index contributed by atoms with van der Waals surface area (Å²) in [7, 11) is 0. The Morgan fingerprint density at radius 2 is 1.88 bits per heavy atom. The summed E-state index contributed by atoms with van der Waals surface area (Å²) in [5.74, 6) is 1.02. The van der Waals surface area contributed by atoms with E-state index in [1.807, 2.05) is 48.5 Å². The molecule has 0 aromatic heterocycles. The summed E-state index contributed by atoms with van der Waals surface area (Å²) in [6, 6.07) is 14.9. The van der Waals surface area contributed by atoms with Gasteiger partial charge in [0.25, 0.3) is 5.91 Å². The molecule has 0 fully saturated rings. The van der Waals surface area contributed by atoms with Crippen molar-refractivity contribution >= 4 is 55.7 Å². The molecule has 0 bridgehead atoms. The smallest absolute Gasteiger partial charge is 0.283 e. The van der Waals surface area contributed by atoms with Crippen LogP contribution in [0.1, 0.15) is 25.3 Å². The van der Waals surface area contributed by atoms with E-state index in [0.29, 0.717) is 24.1 Å². The van der Waals surface area contributed by atoms with Gasteiger partial charge in [-0.1, -0.05) is 35.0 Å². The number of ether oxygens (including phenoxy) is 2. The molecule has 0 atom stereocenters. The molecule has 4 rings (SSSR count). The lowest BCUT2D eigenvalue weighted by atomic mass is 10.1. The lowest BCUT2D eigenvalue weighted by molar-refractivity contribution is -0.114. The normalized spacial score (nSPS) is 16.7. The molecule has 0 radical (unpaired) electrons. The van der Waals surface area contributed by atoms with Crippen LogP contribution >= 0.6 is 27.7 Å². The molecular weight excluding hydrogens is 492 g/mol. The first-order valence-corrected chi connectivity index (χ1v) is 11.7. The van der Waals surface area contributed by atoms with Gasteiger partial charge in [0, 0.05) is 4.47 Å². The van der Waals surface area contributed by atoms with E-state index in [0.717, 1.165) is 33.7 Å². The highest BCUT2D eigenvalue weighted by molar-refractivity contribution is 9.10. The number of hydrazone groups is 1. The highest BCUT2D eigenvalue weighted by Crippen LogP contribution is 2.30. The molecule has 0 unspecified atom stereocenters. The van der Waals surface area contributed by atoms with Gasteiger partial charge in [-0.3, -0.25) is 10.2 Å². The second kappa shape index (κ2) is 10.1. The van der Waals surface area contributed by atoms with E-state index in [1.165, 1.54) is 16.8 Å². The van der Waals surface area contributed by atoms with Crippen molar-refractivity contribution in [2.24, 2.45) is 10.1 Å². The minimum atomic E-state index is -0.434. The number of thioether (sulfide) groups is 1. The number of benzene rings is 2. The zero-order chi connectivity index (χ0) is 22.5. The Bertz CT molecular complexity index is 1130. The van der Waals surface area contributed by atoms with Crippen LogP contribution in [0, 0.1) is 5.41 Å². The molecule has 164 valence electrons. The average molecular weight is 513 g/mol. The van der Waals surface area contributed by atoms with E-state index >= 15 is 0 Å². The molecule has 2 aromatic carbocycles. The van der Waals surface area contributed by atoms with Crippen molar-refractivity contribution in [1.82, 2.24) is 5.01 Å². The summed E-state index contributed by atoms with van der Waals surface area (Å²) in [5.41, 5.74) is 0.944. The Labute approximate surface area is 198 Å². The van der Waals surface area contributed by atoms with Crippen LogP contribution in [0.4, 0.5) is 0 Å². The van der Waals surface area contributed by atoms with Crippen molar-refractivity contribution < 1.29 is 14.3 Å². The number of nitrogens with zero attached hydrogens (tertiary/aromatic N) is 3. The number of hydrogen-bond donors (Lipinski definition) is 1. The van der Waals surface area contributed by atoms with E-state index in [-0.39, 0.29) is 11.4 Å². The predicted molar refractivity (Wildman–Crippen MR) is 131 cm³/mol. The van der Waals surface area contributed by atoms with Crippen molar-refractivity contribution in [3.63, 3.8) is 0 Å². The lowest BCUT2D eigenvalue weighted by Crippen LogP contribution is -2.35. The van der Waals surface area contributed by atoms with Gasteiger partial charge in [0.15, 0.2) is 5.84 Å². The fourth-order valence-corrected chi connectivity index (χ4v) is 4.31. The molecular formula is C23H21BrN4O3S. The second-order valence-corrected chi connectivity index (χ2v) is 8.94. The van der Waals surface area contributed by atoms with Crippen molar-refractivity contribution in [2.45, 2.75) is 19.8 Å². The maximum absolute atomic E-state index is 12.5. The first-order valence-electron chi connectivity index (χ1n) is 10.1. The number of rotatable bonds is 8. The third-order valence-electron chi connectivity index (χ3n) is 4.56. The number of amidine groups is 2. The number of hydrogen-bond acceptors (Lipinski definition) is 6. The van der Waals surface area contributed by atoms with E-state index < -0.39 is 5.91 Å². The Balaban J connectivity index is 1.40. The molecule has 2 aromatic rings. The second-order valence-electron chi connectivity index (χ2n) is 6.99. The molecule has 0 aliphatic carbocycles. The number of halogens is 1. The van der Waals surface area contributed by atoms with Crippen molar-refractivity contribution in [2.75, 3.05) is 13.2 Å². The van der Waals surface area contributed by atoms with Gasteiger partial charge < -0.3 is 9.47 Å². The predicted octanol–water partition coefficient (Wildman–Crippen LogP) is 5.33. The molecule has 0 saturated heterocycles. The molecule has 2 heterocycles. The van der Waals surface area contributed by atoms with Gasteiger partial charge in [-0.2, -0.15) is 15.1 Å². The number of amides is 1. The first-order chi connectivity index (χ1) is 15.5. The fraction of sp³-hybridized carbons (Fsp3) is 0.217. The number of carbonyl (C=O) groups excluding carboxylic acids is 1. The van der Waals surface area contributed by atoms with E-state index in [2.05, 4.69) is 32.9 Å². The summed E-state index contributed by atoms with van der Waals surface area (Å²) >= 11 is 4.74. The number of aliphatic imine (C=N–C) groups is 1. The van der Waals surface area contributed by atoms with Crippen LogP contribution in [0.25, 0.3) is 6.08 Å². The maximum atomic E-state index is 12.5. The largest absolute Gasteiger partial charge is 0.490 e. The molecule has 2 aliphatic rings. The minimum absolute atomic E-state index is 0.0350. The molecule has 9 heteroatoms. The number of fused-ring (bicyclic) bond motifs is 1. The third kappa shape index (κ3) is 5.28. The van der Waals surface area contributed by atoms with Crippen LogP contribution in [0.2, 0.25) is 0 Å². The van der Waals surface area contributed by atoms with Gasteiger partial charge >= 0.3 is 0 Å². The van der Waals surface area contributed by atoms with Gasteiger partial charge in [0.1, 0.15) is 29.8 Å². The minimum Gasteiger partial charge on any atom is -0.490 e. The zero-order valence-electron chi connectivity index (χ0n) is 17.4. The highest BCUT2D eigenvalue weighted by Gasteiger charge is 2.35.